The monoisotopic (exact) mass is 344 g/mol. The molecule has 0 bridgehead atoms. The molecule has 25 heavy (non-hydrogen) atoms. The van der Waals surface area contributed by atoms with Gasteiger partial charge in [-0.25, -0.2) is 4.68 Å². The minimum absolute atomic E-state index is 0.0542. The summed E-state index contributed by atoms with van der Waals surface area (Å²) >= 11 is 0. The first-order chi connectivity index (χ1) is 12.2. The molecule has 2 heterocycles. The minimum Gasteiger partial charge on any atom is -0.375 e. The molecule has 1 aliphatic heterocycles. The zero-order valence-corrected chi connectivity index (χ0v) is 14.0. The second-order valence-electron chi connectivity index (χ2n) is 5.72. The van der Waals surface area contributed by atoms with Crippen molar-refractivity contribution in [3.05, 3.63) is 30.3 Å². The van der Waals surface area contributed by atoms with Crippen LogP contribution in [0, 0.1) is 0 Å². The lowest BCUT2D eigenvalue weighted by Crippen LogP contribution is -2.52. The van der Waals surface area contributed by atoms with Crippen LogP contribution in [0.15, 0.2) is 30.3 Å². The fourth-order valence-corrected chi connectivity index (χ4v) is 2.75. The van der Waals surface area contributed by atoms with Crippen LogP contribution in [-0.4, -0.2) is 81.7 Å². The van der Waals surface area contributed by atoms with Crippen molar-refractivity contribution < 1.29 is 14.3 Å². The molecule has 2 aromatic rings. The van der Waals surface area contributed by atoms with Crippen LogP contribution < -0.4 is 0 Å². The highest BCUT2D eigenvalue weighted by molar-refractivity contribution is 5.79. The largest absolute Gasteiger partial charge is 0.375 e. The third-order valence-corrected chi connectivity index (χ3v) is 4.10. The lowest BCUT2D eigenvalue weighted by molar-refractivity contribution is -0.142. The SMILES string of the molecule is COCC(=O)N1CCN(C(=O)Cn2nnnc2-c2ccccc2)CC1. The number of benzene rings is 1. The summed E-state index contributed by atoms with van der Waals surface area (Å²) in [6.07, 6.45) is 0. The molecule has 1 aromatic heterocycles. The average Bonchev–Trinajstić information content (AvgIpc) is 3.11. The second kappa shape index (κ2) is 7.84. The molecule has 0 aliphatic carbocycles. The van der Waals surface area contributed by atoms with Crippen molar-refractivity contribution in [2.24, 2.45) is 0 Å². The molecule has 0 N–H and O–H groups in total. The van der Waals surface area contributed by atoms with E-state index in [2.05, 4.69) is 15.5 Å². The van der Waals surface area contributed by atoms with Crippen LogP contribution in [0.3, 0.4) is 0 Å². The van der Waals surface area contributed by atoms with Gasteiger partial charge < -0.3 is 14.5 Å². The minimum atomic E-state index is -0.0664. The van der Waals surface area contributed by atoms with Gasteiger partial charge >= 0.3 is 0 Å². The van der Waals surface area contributed by atoms with E-state index in [1.54, 1.807) is 9.80 Å². The highest BCUT2D eigenvalue weighted by Gasteiger charge is 2.25. The summed E-state index contributed by atoms with van der Waals surface area (Å²) in [6.45, 7) is 2.15. The normalized spacial score (nSPS) is 14.6. The van der Waals surface area contributed by atoms with Crippen molar-refractivity contribution in [1.82, 2.24) is 30.0 Å². The summed E-state index contributed by atoms with van der Waals surface area (Å²) in [7, 11) is 1.49. The van der Waals surface area contributed by atoms with E-state index in [1.165, 1.54) is 11.8 Å². The number of ether oxygens (including phenoxy) is 1. The molecule has 1 aromatic carbocycles. The Bertz CT molecular complexity index is 724. The van der Waals surface area contributed by atoms with E-state index in [1.807, 2.05) is 30.3 Å². The summed E-state index contributed by atoms with van der Waals surface area (Å²) in [5.41, 5.74) is 0.857. The Morgan fingerprint density at radius 3 is 2.32 bits per heavy atom. The number of aromatic nitrogens is 4. The van der Waals surface area contributed by atoms with Gasteiger partial charge in [-0.2, -0.15) is 0 Å². The third-order valence-electron chi connectivity index (χ3n) is 4.10. The average molecular weight is 344 g/mol. The molecular weight excluding hydrogens is 324 g/mol. The second-order valence-corrected chi connectivity index (χ2v) is 5.72. The number of carbonyl (C=O) groups excluding carboxylic acids is 2. The Hall–Kier alpha value is -2.81. The zero-order valence-electron chi connectivity index (χ0n) is 14.0. The summed E-state index contributed by atoms with van der Waals surface area (Å²) < 4.78 is 6.36. The van der Waals surface area contributed by atoms with Gasteiger partial charge in [0, 0.05) is 38.9 Å². The van der Waals surface area contributed by atoms with Gasteiger partial charge in [0.05, 0.1) is 0 Å². The maximum Gasteiger partial charge on any atom is 0.248 e. The van der Waals surface area contributed by atoms with Crippen molar-refractivity contribution >= 4 is 11.8 Å². The molecule has 0 radical (unpaired) electrons. The number of amides is 2. The number of methoxy groups -OCH3 is 1. The van der Waals surface area contributed by atoms with Crippen LogP contribution in [0.25, 0.3) is 11.4 Å². The van der Waals surface area contributed by atoms with Gasteiger partial charge in [-0.05, 0) is 10.4 Å². The predicted molar refractivity (Wildman–Crippen MR) is 88.3 cm³/mol. The van der Waals surface area contributed by atoms with Crippen LogP contribution in [0.1, 0.15) is 0 Å². The Kier molecular flexibility index (Phi) is 5.34. The number of nitrogens with zero attached hydrogens (tertiary/aromatic N) is 6. The summed E-state index contributed by atoms with van der Waals surface area (Å²) in [4.78, 5) is 27.8. The third kappa shape index (κ3) is 4.00. The summed E-state index contributed by atoms with van der Waals surface area (Å²) in [5, 5.41) is 11.6. The molecule has 1 fully saturated rings. The number of piperazine rings is 1. The molecule has 0 unspecified atom stereocenters. The van der Waals surface area contributed by atoms with Gasteiger partial charge in [0.1, 0.15) is 13.2 Å². The number of carbonyl (C=O) groups is 2. The van der Waals surface area contributed by atoms with Crippen LogP contribution in [-0.2, 0) is 20.9 Å². The first kappa shape index (κ1) is 17.0. The lowest BCUT2D eigenvalue weighted by atomic mass is 10.2. The zero-order chi connectivity index (χ0) is 17.6. The first-order valence-corrected chi connectivity index (χ1v) is 8.05. The van der Waals surface area contributed by atoms with Crippen LogP contribution in [0.5, 0.6) is 0 Å². The van der Waals surface area contributed by atoms with E-state index in [4.69, 9.17) is 4.74 Å². The van der Waals surface area contributed by atoms with E-state index in [0.29, 0.717) is 32.0 Å². The molecular formula is C16H20N6O3. The van der Waals surface area contributed by atoms with Crippen molar-refractivity contribution in [1.29, 1.82) is 0 Å². The van der Waals surface area contributed by atoms with Crippen LogP contribution in [0.2, 0.25) is 0 Å². The summed E-state index contributed by atoms with van der Waals surface area (Å²) in [6, 6.07) is 9.49. The molecule has 9 nitrogen and oxygen atoms in total. The van der Waals surface area contributed by atoms with Gasteiger partial charge in [-0.1, -0.05) is 30.3 Å². The fourth-order valence-electron chi connectivity index (χ4n) is 2.75. The molecule has 0 atom stereocenters. The van der Waals surface area contributed by atoms with Gasteiger partial charge in [-0.15, -0.1) is 5.10 Å². The smallest absolute Gasteiger partial charge is 0.248 e. The predicted octanol–water partition coefficient (Wildman–Crippen LogP) is -0.343. The van der Waals surface area contributed by atoms with Crippen molar-refractivity contribution in [2.75, 3.05) is 39.9 Å². The quantitative estimate of drug-likeness (QED) is 0.736. The number of tetrazole rings is 1. The molecule has 132 valence electrons. The molecule has 3 rings (SSSR count). The fraction of sp³-hybridized carbons (Fsp3) is 0.438. The number of hydrogen-bond acceptors (Lipinski definition) is 6. The molecule has 1 aliphatic rings. The summed E-state index contributed by atoms with van der Waals surface area (Å²) in [5.74, 6) is 0.438. The van der Waals surface area contributed by atoms with E-state index >= 15 is 0 Å². The van der Waals surface area contributed by atoms with Crippen LogP contribution in [0.4, 0.5) is 0 Å². The molecule has 0 spiro atoms. The van der Waals surface area contributed by atoms with Gasteiger partial charge in [-0.3, -0.25) is 9.59 Å². The van der Waals surface area contributed by atoms with Crippen molar-refractivity contribution in [3.63, 3.8) is 0 Å². The highest BCUT2D eigenvalue weighted by atomic mass is 16.5. The standard InChI is InChI=1S/C16H20N6O3/c1-25-12-15(24)21-9-7-20(8-10-21)14(23)11-22-16(17-18-19-22)13-5-3-2-4-6-13/h2-6H,7-12H2,1H3. The Morgan fingerprint density at radius 1 is 1.04 bits per heavy atom. The number of hydrogen-bond donors (Lipinski definition) is 0. The maximum atomic E-state index is 12.5. The van der Waals surface area contributed by atoms with Gasteiger partial charge in [0.15, 0.2) is 5.82 Å². The Labute approximate surface area is 145 Å². The van der Waals surface area contributed by atoms with E-state index < -0.39 is 0 Å². The maximum absolute atomic E-state index is 12.5. The highest BCUT2D eigenvalue weighted by Crippen LogP contribution is 2.15. The Morgan fingerprint density at radius 2 is 1.68 bits per heavy atom. The van der Waals surface area contributed by atoms with E-state index in [9.17, 15) is 9.59 Å². The Balaban J connectivity index is 1.59. The van der Waals surface area contributed by atoms with E-state index in [0.717, 1.165) is 5.56 Å². The van der Waals surface area contributed by atoms with Gasteiger partial charge in [0.2, 0.25) is 11.8 Å². The van der Waals surface area contributed by atoms with Crippen LogP contribution >= 0.6 is 0 Å². The van der Waals surface area contributed by atoms with Crippen molar-refractivity contribution in [3.8, 4) is 11.4 Å². The molecule has 9 heteroatoms. The molecule has 0 saturated carbocycles. The van der Waals surface area contributed by atoms with Gasteiger partial charge in [0.25, 0.3) is 0 Å². The van der Waals surface area contributed by atoms with E-state index in [-0.39, 0.29) is 25.0 Å². The first-order valence-electron chi connectivity index (χ1n) is 8.05. The molecule has 2 amide bonds. The number of rotatable bonds is 5. The van der Waals surface area contributed by atoms with Crippen molar-refractivity contribution in [2.45, 2.75) is 6.54 Å². The lowest BCUT2D eigenvalue weighted by Gasteiger charge is -2.34. The molecule has 1 saturated heterocycles. The topological polar surface area (TPSA) is 93.5 Å².